The smallest absolute Gasteiger partial charge is 0.191 e. The maximum Gasteiger partial charge on any atom is 0.191 e. The molecule has 0 saturated carbocycles. The fourth-order valence-corrected chi connectivity index (χ4v) is 4.53. The van der Waals surface area contributed by atoms with Gasteiger partial charge in [0.1, 0.15) is 5.82 Å². The van der Waals surface area contributed by atoms with Crippen LogP contribution < -0.4 is 20.4 Å². The first-order valence-electron chi connectivity index (χ1n) is 10.4. The van der Waals surface area contributed by atoms with E-state index in [0.717, 1.165) is 50.5 Å². The van der Waals surface area contributed by atoms with Crippen LogP contribution in [0.1, 0.15) is 32.3 Å². The van der Waals surface area contributed by atoms with E-state index < -0.39 is 0 Å². The fourth-order valence-electron chi connectivity index (χ4n) is 3.75. The number of hydrogen-bond donors (Lipinski definition) is 2. The van der Waals surface area contributed by atoms with Crippen LogP contribution in [0.2, 0.25) is 0 Å². The maximum absolute atomic E-state index is 14.5. The van der Waals surface area contributed by atoms with E-state index in [1.165, 1.54) is 5.00 Å². The van der Waals surface area contributed by atoms with Gasteiger partial charge in [-0.3, -0.25) is 4.99 Å². The van der Waals surface area contributed by atoms with Crippen LogP contribution in [0.5, 0.6) is 0 Å². The Kier molecular flexibility index (Phi) is 7.75. The molecule has 0 radical (unpaired) electrons. The van der Waals surface area contributed by atoms with Crippen molar-refractivity contribution in [2.75, 3.05) is 43.0 Å². The third kappa shape index (κ3) is 5.63. The summed E-state index contributed by atoms with van der Waals surface area (Å²) in [5.74, 6) is 0.602. The van der Waals surface area contributed by atoms with Gasteiger partial charge >= 0.3 is 0 Å². The number of benzene rings is 1. The van der Waals surface area contributed by atoms with Crippen LogP contribution in [-0.4, -0.2) is 45.2 Å². The number of hydrogen-bond acceptors (Lipinski definition) is 4. The second kappa shape index (κ2) is 10.5. The van der Waals surface area contributed by atoms with Crippen LogP contribution in [0.15, 0.2) is 40.7 Å². The molecule has 1 fully saturated rings. The molecule has 5 nitrogen and oxygen atoms in total. The average Bonchev–Trinajstić information content (AvgIpc) is 3.28. The Labute approximate surface area is 177 Å². The van der Waals surface area contributed by atoms with Crippen molar-refractivity contribution in [1.82, 2.24) is 10.6 Å². The molecule has 1 saturated heterocycles. The van der Waals surface area contributed by atoms with E-state index in [4.69, 9.17) is 0 Å². The Morgan fingerprint density at radius 2 is 2.00 bits per heavy atom. The average molecular weight is 418 g/mol. The first-order chi connectivity index (χ1) is 14.1. The minimum Gasteiger partial charge on any atom is -0.370 e. The summed E-state index contributed by atoms with van der Waals surface area (Å²) in [6, 6.07) is 10.2. The fraction of sp³-hybridized carbons (Fsp3) is 0.500. The molecule has 7 heteroatoms. The zero-order chi connectivity index (χ0) is 20.6. The van der Waals surface area contributed by atoms with E-state index in [1.54, 1.807) is 24.5 Å². The Bertz CT molecular complexity index is 781. The van der Waals surface area contributed by atoms with E-state index in [1.807, 2.05) is 30.9 Å². The molecule has 0 spiro atoms. The summed E-state index contributed by atoms with van der Waals surface area (Å²) >= 11 is 1.80. The van der Waals surface area contributed by atoms with E-state index in [-0.39, 0.29) is 5.82 Å². The molecule has 2 heterocycles. The topological polar surface area (TPSA) is 42.9 Å². The third-order valence-corrected chi connectivity index (χ3v) is 6.38. The number of rotatable bonds is 7. The highest BCUT2D eigenvalue weighted by molar-refractivity contribution is 7.14. The molecular formula is C22H32FN5S. The van der Waals surface area contributed by atoms with E-state index in [2.05, 4.69) is 38.0 Å². The minimum absolute atomic E-state index is 0.170. The molecule has 0 aliphatic carbocycles. The summed E-state index contributed by atoms with van der Waals surface area (Å²) in [4.78, 5) is 8.81. The normalized spacial score (nSPS) is 15.4. The van der Waals surface area contributed by atoms with Crippen LogP contribution in [0.4, 0.5) is 15.1 Å². The largest absolute Gasteiger partial charge is 0.370 e. The van der Waals surface area contributed by atoms with Crippen LogP contribution in [-0.2, 0) is 6.54 Å². The van der Waals surface area contributed by atoms with Gasteiger partial charge in [-0.2, -0.15) is 0 Å². The molecule has 158 valence electrons. The molecule has 2 N–H and O–H groups in total. The Morgan fingerprint density at radius 1 is 1.24 bits per heavy atom. The third-order valence-electron chi connectivity index (χ3n) is 5.45. The van der Waals surface area contributed by atoms with Crippen molar-refractivity contribution in [2.45, 2.75) is 39.3 Å². The van der Waals surface area contributed by atoms with Gasteiger partial charge in [-0.15, -0.1) is 11.3 Å². The molecule has 0 amide bonds. The van der Waals surface area contributed by atoms with Crippen molar-refractivity contribution in [3.8, 4) is 0 Å². The molecule has 1 aliphatic rings. The van der Waals surface area contributed by atoms with Gasteiger partial charge in [-0.25, -0.2) is 4.39 Å². The van der Waals surface area contributed by atoms with Gasteiger partial charge in [0.25, 0.3) is 0 Å². The highest BCUT2D eigenvalue weighted by atomic mass is 32.1. The predicted octanol–water partition coefficient (Wildman–Crippen LogP) is 4.07. The zero-order valence-electron chi connectivity index (χ0n) is 17.6. The molecule has 0 unspecified atom stereocenters. The van der Waals surface area contributed by atoms with Crippen molar-refractivity contribution >= 4 is 28.0 Å². The van der Waals surface area contributed by atoms with Crippen LogP contribution in [0, 0.1) is 5.82 Å². The van der Waals surface area contributed by atoms with Crippen LogP contribution in [0.3, 0.4) is 0 Å². The van der Waals surface area contributed by atoms with E-state index in [0.29, 0.717) is 18.3 Å². The molecule has 3 rings (SSSR count). The number of anilines is 2. The van der Waals surface area contributed by atoms with Gasteiger partial charge in [-0.1, -0.05) is 6.07 Å². The Morgan fingerprint density at radius 3 is 2.59 bits per heavy atom. The van der Waals surface area contributed by atoms with E-state index >= 15 is 0 Å². The van der Waals surface area contributed by atoms with Gasteiger partial charge < -0.3 is 20.4 Å². The quantitative estimate of drug-likeness (QED) is 0.527. The molecule has 1 aromatic heterocycles. The molecular weight excluding hydrogens is 385 g/mol. The lowest BCUT2D eigenvalue weighted by atomic mass is 10.1. The van der Waals surface area contributed by atoms with Gasteiger partial charge in [0.2, 0.25) is 0 Å². The summed E-state index contributed by atoms with van der Waals surface area (Å²) in [7, 11) is 1.78. The summed E-state index contributed by atoms with van der Waals surface area (Å²) in [5, 5.41) is 10.3. The molecule has 1 aromatic carbocycles. The second-order valence-corrected chi connectivity index (χ2v) is 8.17. The summed E-state index contributed by atoms with van der Waals surface area (Å²) in [5.41, 5.74) is 1.58. The number of nitrogens with one attached hydrogen (secondary N) is 2. The van der Waals surface area contributed by atoms with Crippen molar-refractivity contribution in [1.29, 1.82) is 0 Å². The summed E-state index contributed by atoms with van der Waals surface area (Å²) < 4.78 is 14.5. The lowest BCUT2D eigenvalue weighted by molar-refractivity contribution is 0.462. The number of halogens is 1. The van der Waals surface area contributed by atoms with Crippen molar-refractivity contribution in [3.63, 3.8) is 0 Å². The number of aliphatic imine (C=N–C) groups is 1. The molecule has 0 bridgehead atoms. The Hall–Kier alpha value is -2.28. The van der Waals surface area contributed by atoms with Crippen molar-refractivity contribution < 1.29 is 4.39 Å². The number of guanidine groups is 1. The first-order valence-corrected chi connectivity index (χ1v) is 11.3. The van der Waals surface area contributed by atoms with E-state index in [9.17, 15) is 4.39 Å². The SMILES string of the molecule is CCN(CC)c1ccc(CNC(=NC)NC2CCN(c3cccs3)CC2)cc1F. The van der Waals surface area contributed by atoms with Crippen LogP contribution in [0.25, 0.3) is 0 Å². The predicted molar refractivity (Wildman–Crippen MR) is 123 cm³/mol. The number of nitrogens with zero attached hydrogens (tertiary/aromatic N) is 3. The van der Waals surface area contributed by atoms with Gasteiger partial charge in [0.05, 0.1) is 10.7 Å². The minimum atomic E-state index is -0.170. The van der Waals surface area contributed by atoms with Gasteiger partial charge in [0, 0.05) is 45.8 Å². The van der Waals surface area contributed by atoms with Gasteiger partial charge in [0.15, 0.2) is 5.96 Å². The summed E-state index contributed by atoms with van der Waals surface area (Å²) in [6.07, 6.45) is 2.15. The molecule has 0 atom stereocenters. The van der Waals surface area contributed by atoms with Gasteiger partial charge in [-0.05, 0) is 61.9 Å². The molecule has 29 heavy (non-hydrogen) atoms. The first kappa shape index (κ1) is 21.4. The second-order valence-electron chi connectivity index (χ2n) is 7.24. The highest BCUT2D eigenvalue weighted by Crippen LogP contribution is 2.25. The standard InChI is InChI=1S/C22H32FN5S/c1-4-27(5-2)20-9-8-17(15-19(20)23)16-25-22(24-3)26-18-10-12-28(13-11-18)21-7-6-14-29-21/h6-9,14-15,18H,4-5,10-13,16H2,1-3H3,(H2,24,25,26). The van der Waals surface area contributed by atoms with Crippen LogP contribution >= 0.6 is 11.3 Å². The monoisotopic (exact) mass is 417 g/mol. The lowest BCUT2D eigenvalue weighted by Crippen LogP contribution is -2.48. The number of piperidine rings is 1. The van der Waals surface area contributed by atoms with Crippen molar-refractivity contribution in [2.24, 2.45) is 4.99 Å². The number of thiophene rings is 1. The zero-order valence-corrected chi connectivity index (χ0v) is 18.4. The molecule has 2 aromatic rings. The lowest BCUT2D eigenvalue weighted by Gasteiger charge is -2.33. The highest BCUT2D eigenvalue weighted by Gasteiger charge is 2.20. The molecule has 1 aliphatic heterocycles. The maximum atomic E-state index is 14.5. The Balaban J connectivity index is 1.49. The van der Waals surface area contributed by atoms with Crippen molar-refractivity contribution in [3.05, 3.63) is 47.1 Å². The summed E-state index contributed by atoms with van der Waals surface area (Å²) in [6.45, 7) is 8.32.